The van der Waals surface area contributed by atoms with E-state index in [1.54, 1.807) is 0 Å². The molecule has 0 atom stereocenters. The van der Waals surface area contributed by atoms with E-state index in [-0.39, 0.29) is 31.6 Å². The number of allylic oxidation sites excluding steroid dienone is 2. The second-order valence-corrected chi connectivity index (χ2v) is 6.52. The van der Waals surface area contributed by atoms with E-state index in [1.165, 1.54) is 42.0 Å². The molecule has 0 bridgehead atoms. The van der Waals surface area contributed by atoms with E-state index in [0.717, 1.165) is 16.8 Å². The first-order valence-corrected chi connectivity index (χ1v) is 8.51. The summed E-state index contributed by atoms with van der Waals surface area (Å²) in [6.07, 6.45) is 1.17. The summed E-state index contributed by atoms with van der Waals surface area (Å²) in [5, 5.41) is 9.55. The molecule has 1 aromatic heterocycles. The molecule has 27 heavy (non-hydrogen) atoms. The number of hydrogen-bond donors (Lipinski definition) is 1. The first-order valence-electron chi connectivity index (χ1n) is 8.51. The molecule has 3 nitrogen and oxygen atoms in total. The number of carbonyl (C=O) groups excluding carboxylic acids is 1. The third kappa shape index (κ3) is 6.74. The van der Waals surface area contributed by atoms with Crippen molar-refractivity contribution in [1.82, 2.24) is 4.98 Å². The molecule has 0 saturated carbocycles. The minimum Gasteiger partial charge on any atom is -0.512 e. The van der Waals surface area contributed by atoms with Crippen molar-refractivity contribution in [1.29, 1.82) is 0 Å². The van der Waals surface area contributed by atoms with Gasteiger partial charge >= 0.3 is 0 Å². The van der Waals surface area contributed by atoms with Gasteiger partial charge in [0.15, 0.2) is 5.78 Å². The predicted octanol–water partition coefficient (Wildman–Crippen LogP) is 5.66. The van der Waals surface area contributed by atoms with Gasteiger partial charge in [0.05, 0.1) is 11.3 Å². The van der Waals surface area contributed by atoms with Crippen LogP contribution in [0.2, 0.25) is 0 Å². The molecule has 3 rings (SSSR count). The fraction of sp³-hybridized carbons (Fsp3) is 0.217. The topological polar surface area (TPSA) is 50.2 Å². The van der Waals surface area contributed by atoms with E-state index < -0.39 is 0 Å². The molecule has 0 spiro atoms. The van der Waals surface area contributed by atoms with Gasteiger partial charge in [0.25, 0.3) is 0 Å². The van der Waals surface area contributed by atoms with E-state index in [2.05, 4.69) is 63.2 Å². The standard InChI is InChI=1S/C18H16N.C5H8O2.Ir/c1-12-4-7-16(14(3)10-12)18-9-6-15-11-13(2)5-8-17(15)19-18;1-4(6)3-5(2)7;/h4-6,8-11H,1-3H3;3,6H,1-2H3;/q-1;;/b;4-3-;. The molecule has 1 radical (unpaired) electrons. The van der Waals surface area contributed by atoms with Crippen molar-refractivity contribution in [3.63, 3.8) is 0 Å². The predicted molar refractivity (Wildman–Crippen MR) is 107 cm³/mol. The Labute approximate surface area is 174 Å². The second-order valence-electron chi connectivity index (χ2n) is 6.52. The number of nitrogens with zero attached hydrogens (tertiary/aromatic N) is 1. The van der Waals surface area contributed by atoms with Crippen LogP contribution >= 0.6 is 0 Å². The quantitative estimate of drug-likeness (QED) is 0.260. The number of fused-ring (bicyclic) bond motifs is 1. The van der Waals surface area contributed by atoms with E-state index in [1.807, 2.05) is 6.07 Å². The molecule has 1 N–H and O–H groups in total. The maximum atomic E-state index is 10.0. The molecular formula is C23H24IrNO2-. The Morgan fingerprint density at radius 1 is 1.04 bits per heavy atom. The van der Waals surface area contributed by atoms with E-state index in [4.69, 9.17) is 10.1 Å². The maximum absolute atomic E-state index is 10.0. The van der Waals surface area contributed by atoms with Gasteiger partial charge < -0.3 is 5.11 Å². The first kappa shape index (κ1) is 22.7. The molecule has 0 fully saturated rings. The minimum atomic E-state index is -0.125. The number of hydrogen-bond acceptors (Lipinski definition) is 3. The van der Waals surface area contributed by atoms with Crippen molar-refractivity contribution in [3.8, 4) is 11.3 Å². The van der Waals surface area contributed by atoms with E-state index >= 15 is 0 Å². The zero-order valence-corrected chi connectivity index (χ0v) is 18.6. The Kier molecular flexibility index (Phi) is 8.55. The zero-order valence-electron chi connectivity index (χ0n) is 16.3. The molecular weight excluding hydrogens is 514 g/mol. The van der Waals surface area contributed by atoms with Gasteiger partial charge in [0, 0.05) is 26.2 Å². The molecule has 0 unspecified atom stereocenters. The van der Waals surface area contributed by atoms with Gasteiger partial charge in [-0.15, -0.1) is 34.9 Å². The van der Waals surface area contributed by atoms with Gasteiger partial charge in [-0.3, -0.25) is 9.78 Å². The van der Waals surface area contributed by atoms with Crippen LogP contribution in [0.3, 0.4) is 0 Å². The number of carbonyl (C=O) groups is 1. The van der Waals surface area contributed by atoms with Gasteiger partial charge in [0.1, 0.15) is 0 Å². The normalized spacial score (nSPS) is 10.6. The Morgan fingerprint density at radius 2 is 1.74 bits per heavy atom. The molecule has 0 amide bonds. The minimum absolute atomic E-state index is 0. The molecule has 4 heteroatoms. The van der Waals surface area contributed by atoms with Crippen molar-refractivity contribution in [3.05, 3.63) is 77.1 Å². The van der Waals surface area contributed by atoms with Gasteiger partial charge in [0.2, 0.25) is 0 Å². The number of benzene rings is 2. The molecule has 143 valence electrons. The summed E-state index contributed by atoms with van der Waals surface area (Å²) in [5.41, 5.74) is 6.84. The summed E-state index contributed by atoms with van der Waals surface area (Å²) in [6.45, 7) is 9.15. The fourth-order valence-electron chi connectivity index (χ4n) is 2.71. The Morgan fingerprint density at radius 3 is 2.30 bits per heavy atom. The average Bonchev–Trinajstić information content (AvgIpc) is 2.54. The van der Waals surface area contributed by atoms with Gasteiger partial charge in [-0.25, -0.2) is 0 Å². The third-order valence-electron chi connectivity index (χ3n) is 3.80. The van der Waals surface area contributed by atoms with E-state index in [9.17, 15) is 4.79 Å². The number of rotatable bonds is 2. The smallest absolute Gasteiger partial charge is 0.155 e. The van der Waals surface area contributed by atoms with Crippen LogP contribution < -0.4 is 0 Å². The second kappa shape index (κ2) is 10.1. The van der Waals surface area contributed by atoms with Crippen molar-refractivity contribution in [2.45, 2.75) is 34.6 Å². The van der Waals surface area contributed by atoms with Crippen molar-refractivity contribution < 1.29 is 30.0 Å². The van der Waals surface area contributed by atoms with Crippen LogP contribution in [0.4, 0.5) is 0 Å². The van der Waals surface area contributed by atoms with Crippen LogP contribution in [-0.2, 0) is 24.9 Å². The monoisotopic (exact) mass is 539 g/mol. The van der Waals surface area contributed by atoms with Crippen LogP contribution in [0, 0.1) is 26.8 Å². The number of pyridine rings is 1. The summed E-state index contributed by atoms with van der Waals surface area (Å²) < 4.78 is 0. The maximum Gasteiger partial charge on any atom is 0.155 e. The summed E-state index contributed by atoms with van der Waals surface area (Å²) >= 11 is 0. The van der Waals surface area contributed by atoms with Gasteiger partial charge in [-0.05, 0) is 44.0 Å². The number of ketones is 1. The average molecular weight is 539 g/mol. The molecule has 0 aliphatic heterocycles. The first-order chi connectivity index (χ1) is 12.3. The van der Waals surface area contributed by atoms with Crippen molar-refractivity contribution in [2.75, 3.05) is 0 Å². The molecule has 0 aliphatic rings. The number of aryl methyl sites for hydroxylation is 3. The summed E-state index contributed by atoms with van der Waals surface area (Å²) in [6, 6.07) is 18.1. The van der Waals surface area contributed by atoms with E-state index in [0.29, 0.717) is 0 Å². The zero-order chi connectivity index (χ0) is 19.3. The fourth-order valence-corrected chi connectivity index (χ4v) is 2.71. The van der Waals surface area contributed by atoms with Gasteiger partial charge in [-0.2, -0.15) is 0 Å². The van der Waals surface area contributed by atoms with Crippen LogP contribution in [0.25, 0.3) is 22.2 Å². The number of aliphatic hydroxyl groups excluding tert-OH is 1. The van der Waals surface area contributed by atoms with Gasteiger partial charge in [-0.1, -0.05) is 37.6 Å². The molecule has 2 aromatic carbocycles. The Balaban J connectivity index is 0.000000395. The third-order valence-corrected chi connectivity index (χ3v) is 3.80. The number of aromatic nitrogens is 1. The SMILES string of the molecule is CC(=O)/C=C(/C)O.Cc1c[c-]c(-c2ccc3cc(C)ccc3n2)c(C)c1.[Ir]. The summed E-state index contributed by atoms with van der Waals surface area (Å²) in [5.74, 6) is -0.0625. The number of aliphatic hydroxyl groups is 1. The van der Waals surface area contributed by atoms with Crippen molar-refractivity contribution >= 4 is 16.7 Å². The summed E-state index contributed by atoms with van der Waals surface area (Å²) in [7, 11) is 0. The molecule has 0 saturated heterocycles. The molecule has 1 heterocycles. The van der Waals surface area contributed by atoms with Crippen LogP contribution in [0.15, 0.2) is 54.3 Å². The molecule has 3 aromatic rings. The Bertz CT molecular complexity index is 973. The Hall–Kier alpha value is -2.29. The van der Waals surface area contributed by atoms with Crippen LogP contribution in [0.1, 0.15) is 30.5 Å². The van der Waals surface area contributed by atoms with Crippen LogP contribution in [-0.4, -0.2) is 15.9 Å². The van der Waals surface area contributed by atoms with Crippen molar-refractivity contribution in [2.24, 2.45) is 0 Å². The molecule has 0 aliphatic carbocycles. The van der Waals surface area contributed by atoms with Crippen LogP contribution in [0.5, 0.6) is 0 Å². The largest absolute Gasteiger partial charge is 0.512 e. The summed E-state index contributed by atoms with van der Waals surface area (Å²) in [4.78, 5) is 14.8.